The molecule has 142 valence electrons. The van der Waals surface area contributed by atoms with Crippen molar-refractivity contribution in [1.82, 2.24) is 5.32 Å². The lowest BCUT2D eigenvalue weighted by Gasteiger charge is -2.09. The van der Waals surface area contributed by atoms with Crippen LogP contribution in [0.3, 0.4) is 0 Å². The average Bonchev–Trinajstić information content (AvgIpc) is 2.73. The summed E-state index contributed by atoms with van der Waals surface area (Å²) < 4.78 is 5.71. The predicted octanol–water partition coefficient (Wildman–Crippen LogP) is 3.83. The van der Waals surface area contributed by atoms with Crippen molar-refractivity contribution in [3.05, 3.63) is 95.6 Å². The Morgan fingerprint density at radius 3 is 2.21 bits per heavy atom. The normalized spacial score (nSPS) is 10.2. The van der Waals surface area contributed by atoms with Crippen LogP contribution in [-0.2, 0) is 22.7 Å². The third-order valence-electron chi connectivity index (χ3n) is 4.27. The molecule has 0 unspecified atom stereocenters. The van der Waals surface area contributed by atoms with Gasteiger partial charge in [0.1, 0.15) is 12.4 Å². The van der Waals surface area contributed by atoms with E-state index in [-0.39, 0.29) is 0 Å². The molecule has 5 nitrogen and oxygen atoms in total. The van der Waals surface area contributed by atoms with Crippen LogP contribution < -0.4 is 15.4 Å². The zero-order valence-electron chi connectivity index (χ0n) is 15.6. The molecule has 0 heterocycles. The number of nitrogens with one attached hydrogen (secondary N) is 2. The molecule has 3 aromatic carbocycles. The van der Waals surface area contributed by atoms with E-state index in [1.54, 1.807) is 24.3 Å². The fourth-order valence-electron chi connectivity index (χ4n) is 2.63. The van der Waals surface area contributed by atoms with Crippen LogP contribution in [0.5, 0.6) is 5.75 Å². The lowest BCUT2D eigenvalue weighted by molar-refractivity contribution is -0.136. The highest BCUT2D eigenvalue weighted by Crippen LogP contribution is 2.17. The molecule has 0 aliphatic carbocycles. The molecule has 2 amide bonds. The third kappa shape index (κ3) is 5.45. The molecule has 3 aromatic rings. The Bertz CT molecular complexity index is 938. The van der Waals surface area contributed by atoms with Crippen molar-refractivity contribution < 1.29 is 14.3 Å². The van der Waals surface area contributed by atoms with Gasteiger partial charge in [-0.05, 0) is 47.9 Å². The van der Waals surface area contributed by atoms with Crippen molar-refractivity contribution in [2.75, 3.05) is 5.32 Å². The van der Waals surface area contributed by atoms with Gasteiger partial charge < -0.3 is 15.4 Å². The minimum Gasteiger partial charge on any atom is -0.489 e. The Labute approximate surface area is 164 Å². The second-order valence-corrected chi connectivity index (χ2v) is 6.36. The van der Waals surface area contributed by atoms with E-state index in [0.29, 0.717) is 24.6 Å². The minimum absolute atomic E-state index is 0.311. The second kappa shape index (κ2) is 9.37. The van der Waals surface area contributed by atoms with Gasteiger partial charge in [-0.3, -0.25) is 9.59 Å². The summed E-state index contributed by atoms with van der Waals surface area (Å²) in [7, 11) is 0. The van der Waals surface area contributed by atoms with Gasteiger partial charge in [0.25, 0.3) is 0 Å². The zero-order valence-corrected chi connectivity index (χ0v) is 15.6. The number of rotatable bonds is 6. The molecule has 2 N–H and O–H groups in total. The third-order valence-corrected chi connectivity index (χ3v) is 4.27. The molecular weight excluding hydrogens is 352 g/mol. The molecule has 28 heavy (non-hydrogen) atoms. The van der Waals surface area contributed by atoms with Gasteiger partial charge in [-0.2, -0.15) is 0 Å². The summed E-state index contributed by atoms with van der Waals surface area (Å²) in [5.74, 6) is -0.690. The molecule has 0 spiro atoms. The first-order chi connectivity index (χ1) is 13.6. The van der Waals surface area contributed by atoms with Gasteiger partial charge in [0.15, 0.2) is 0 Å². The number of hydrogen-bond donors (Lipinski definition) is 2. The fraction of sp³-hybridized carbons (Fsp3) is 0.130. The minimum atomic E-state index is -0.702. The highest BCUT2D eigenvalue weighted by molar-refractivity contribution is 6.39. The number of hydrogen-bond acceptors (Lipinski definition) is 3. The van der Waals surface area contributed by atoms with E-state index < -0.39 is 11.8 Å². The Morgan fingerprint density at radius 2 is 1.50 bits per heavy atom. The highest BCUT2D eigenvalue weighted by Gasteiger charge is 2.13. The molecule has 0 bridgehead atoms. The van der Waals surface area contributed by atoms with E-state index in [4.69, 9.17) is 4.74 Å². The predicted molar refractivity (Wildman–Crippen MR) is 109 cm³/mol. The molecule has 5 heteroatoms. The van der Waals surface area contributed by atoms with Crippen LogP contribution in [0.15, 0.2) is 78.9 Å². The van der Waals surface area contributed by atoms with Crippen LogP contribution >= 0.6 is 0 Å². The van der Waals surface area contributed by atoms with E-state index in [0.717, 1.165) is 16.7 Å². The number of anilines is 1. The van der Waals surface area contributed by atoms with Crippen LogP contribution in [0, 0.1) is 6.92 Å². The summed E-state index contributed by atoms with van der Waals surface area (Å²) in [6, 6.07) is 24.5. The topological polar surface area (TPSA) is 67.4 Å². The maximum absolute atomic E-state index is 12.1. The van der Waals surface area contributed by atoms with E-state index in [1.807, 2.05) is 61.5 Å². The summed E-state index contributed by atoms with van der Waals surface area (Å²) in [5.41, 5.74) is 3.64. The number of carbonyl (C=O) groups excluding carboxylic acids is 2. The number of carbonyl (C=O) groups is 2. The number of benzene rings is 3. The number of aryl methyl sites for hydroxylation is 1. The Hall–Kier alpha value is -3.60. The van der Waals surface area contributed by atoms with Gasteiger partial charge in [0, 0.05) is 12.2 Å². The van der Waals surface area contributed by atoms with Crippen LogP contribution in [0.1, 0.15) is 16.7 Å². The van der Waals surface area contributed by atoms with Crippen LogP contribution in [0.25, 0.3) is 0 Å². The van der Waals surface area contributed by atoms with Gasteiger partial charge in [0.05, 0.1) is 0 Å². The SMILES string of the molecule is Cc1ccccc1CNC(=O)C(=O)Nc1ccc(OCc2ccccc2)cc1. The smallest absolute Gasteiger partial charge is 0.313 e. The lowest BCUT2D eigenvalue weighted by atomic mass is 10.1. The average molecular weight is 374 g/mol. The summed E-state index contributed by atoms with van der Waals surface area (Å²) >= 11 is 0. The Balaban J connectivity index is 1.48. The summed E-state index contributed by atoms with van der Waals surface area (Å²) in [5, 5.41) is 5.22. The van der Waals surface area contributed by atoms with Crippen LogP contribution in [0.4, 0.5) is 5.69 Å². The summed E-state index contributed by atoms with van der Waals surface area (Å²) in [4.78, 5) is 24.1. The van der Waals surface area contributed by atoms with Crippen LogP contribution in [-0.4, -0.2) is 11.8 Å². The fourth-order valence-corrected chi connectivity index (χ4v) is 2.63. The van der Waals surface area contributed by atoms with Crippen molar-refractivity contribution in [3.8, 4) is 5.75 Å². The van der Waals surface area contributed by atoms with Crippen molar-refractivity contribution in [2.45, 2.75) is 20.1 Å². The molecule has 0 aliphatic heterocycles. The number of ether oxygens (including phenoxy) is 1. The first-order valence-corrected chi connectivity index (χ1v) is 9.02. The lowest BCUT2D eigenvalue weighted by Crippen LogP contribution is -2.35. The standard InChI is InChI=1S/C23H22N2O3/c1-17-7-5-6-10-19(17)15-24-22(26)23(27)25-20-11-13-21(14-12-20)28-16-18-8-3-2-4-9-18/h2-14H,15-16H2,1H3,(H,24,26)(H,25,27). The molecule has 0 aliphatic rings. The first-order valence-electron chi connectivity index (χ1n) is 9.02. The maximum atomic E-state index is 12.1. The largest absolute Gasteiger partial charge is 0.489 e. The Kier molecular flexibility index (Phi) is 6.41. The Morgan fingerprint density at radius 1 is 0.821 bits per heavy atom. The van der Waals surface area contributed by atoms with Crippen molar-refractivity contribution >= 4 is 17.5 Å². The number of amides is 2. The van der Waals surface area contributed by atoms with Crippen molar-refractivity contribution in [1.29, 1.82) is 0 Å². The molecule has 0 aromatic heterocycles. The summed E-state index contributed by atoms with van der Waals surface area (Å²) in [6.07, 6.45) is 0. The van der Waals surface area contributed by atoms with Gasteiger partial charge in [0.2, 0.25) is 0 Å². The van der Waals surface area contributed by atoms with Gasteiger partial charge in [-0.15, -0.1) is 0 Å². The van der Waals surface area contributed by atoms with Gasteiger partial charge in [-0.1, -0.05) is 54.6 Å². The maximum Gasteiger partial charge on any atom is 0.313 e. The highest BCUT2D eigenvalue weighted by atomic mass is 16.5. The van der Waals surface area contributed by atoms with Crippen LogP contribution in [0.2, 0.25) is 0 Å². The van der Waals surface area contributed by atoms with Crippen molar-refractivity contribution in [3.63, 3.8) is 0 Å². The summed E-state index contributed by atoms with van der Waals surface area (Å²) in [6.45, 7) is 2.74. The van der Waals surface area contributed by atoms with E-state index in [9.17, 15) is 9.59 Å². The van der Waals surface area contributed by atoms with E-state index in [1.165, 1.54) is 0 Å². The molecule has 0 radical (unpaired) electrons. The van der Waals surface area contributed by atoms with Gasteiger partial charge >= 0.3 is 11.8 Å². The molecule has 3 rings (SSSR count). The quantitative estimate of drug-likeness (QED) is 0.645. The van der Waals surface area contributed by atoms with E-state index >= 15 is 0 Å². The second-order valence-electron chi connectivity index (χ2n) is 6.36. The molecule has 0 saturated heterocycles. The van der Waals surface area contributed by atoms with Gasteiger partial charge in [-0.25, -0.2) is 0 Å². The molecule has 0 atom stereocenters. The molecule has 0 fully saturated rings. The van der Waals surface area contributed by atoms with Crippen molar-refractivity contribution in [2.24, 2.45) is 0 Å². The monoisotopic (exact) mass is 374 g/mol. The van der Waals surface area contributed by atoms with E-state index in [2.05, 4.69) is 10.6 Å². The molecule has 0 saturated carbocycles. The molecular formula is C23H22N2O3. The first kappa shape index (κ1) is 19.2. The zero-order chi connectivity index (χ0) is 19.8.